The summed E-state index contributed by atoms with van der Waals surface area (Å²) >= 11 is 6.11. The van der Waals surface area contributed by atoms with Crippen LogP contribution in [0.25, 0.3) is 0 Å². The molecule has 4 heteroatoms. The lowest BCUT2D eigenvalue weighted by atomic mass is 10.1. The molecule has 15 heavy (non-hydrogen) atoms. The number of aromatic nitrogens is 2. The minimum Gasteiger partial charge on any atom is -0.299 e. The first kappa shape index (κ1) is 12.0. The molecule has 0 fully saturated rings. The molecular weight excluding hydrogens is 212 g/mol. The molecular formula is C11H15ClN2O. The average molecular weight is 227 g/mol. The van der Waals surface area contributed by atoms with Gasteiger partial charge in [0.05, 0.1) is 22.8 Å². The Kier molecular flexibility index (Phi) is 4.09. The van der Waals surface area contributed by atoms with Crippen LogP contribution in [0, 0.1) is 0 Å². The molecule has 0 unspecified atom stereocenters. The van der Waals surface area contributed by atoms with Gasteiger partial charge in [-0.3, -0.25) is 9.48 Å². The maximum absolute atomic E-state index is 11.4. The van der Waals surface area contributed by atoms with Crippen molar-refractivity contribution in [2.45, 2.75) is 26.2 Å². The van der Waals surface area contributed by atoms with Gasteiger partial charge in [0.25, 0.3) is 0 Å². The predicted octanol–water partition coefficient (Wildman–Crippen LogP) is 2.32. The van der Waals surface area contributed by atoms with E-state index in [-0.39, 0.29) is 5.78 Å². The Morgan fingerprint density at radius 3 is 2.80 bits per heavy atom. The van der Waals surface area contributed by atoms with Gasteiger partial charge in [0.1, 0.15) is 5.78 Å². The predicted molar refractivity (Wildman–Crippen MR) is 61.1 cm³/mol. The Balaban J connectivity index is 2.89. The van der Waals surface area contributed by atoms with Gasteiger partial charge in [0, 0.05) is 13.5 Å². The second kappa shape index (κ2) is 5.12. The first-order valence-corrected chi connectivity index (χ1v) is 5.30. The molecule has 0 atom stereocenters. The highest BCUT2D eigenvalue weighted by Gasteiger charge is 2.15. The smallest absolute Gasteiger partial charge is 0.142 e. The van der Waals surface area contributed by atoms with Crippen LogP contribution in [-0.2, 0) is 24.7 Å². The number of hydrogen-bond donors (Lipinski definition) is 0. The van der Waals surface area contributed by atoms with Crippen molar-refractivity contribution in [3.05, 3.63) is 29.1 Å². The normalized spacial score (nSPS) is 10.3. The van der Waals surface area contributed by atoms with Crippen molar-refractivity contribution < 1.29 is 4.79 Å². The highest BCUT2D eigenvalue weighted by atomic mass is 35.5. The summed E-state index contributed by atoms with van der Waals surface area (Å²) < 4.78 is 1.68. The van der Waals surface area contributed by atoms with E-state index in [4.69, 9.17) is 11.6 Å². The van der Waals surface area contributed by atoms with Gasteiger partial charge in [-0.05, 0) is 6.42 Å². The molecule has 0 aliphatic rings. The number of allylic oxidation sites excluding steroid dienone is 1. The lowest BCUT2D eigenvalue weighted by Gasteiger charge is -2.00. The lowest BCUT2D eigenvalue weighted by molar-refractivity contribution is -0.117. The summed E-state index contributed by atoms with van der Waals surface area (Å²) in [4.78, 5) is 11.4. The largest absolute Gasteiger partial charge is 0.299 e. The number of Topliss-reactive ketones (excluding diaryl/α,β-unsaturated/α-hetero) is 1. The Hall–Kier alpha value is -1.09. The van der Waals surface area contributed by atoms with Gasteiger partial charge >= 0.3 is 0 Å². The quantitative estimate of drug-likeness (QED) is 0.723. The van der Waals surface area contributed by atoms with Gasteiger partial charge in [-0.2, -0.15) is 5.10 Å². The van der Waals surface area contributed by atoms with Gasteiger partial charge < -0.3 is 0 Å². The Bertz CT molecular complexity index is 382. The molecule has 1 aromatic heterocycles. The van der Waals surface area contributed by atoms with Crippen molar-refractivity contribution in [3.63, 3.8) is 0 Å². The summed E-state index contributed by atoms with van der Waals surface area (Å²) in [5, 5.41) is 4.87. The fourth-order valence-corrected chi connectivity index (χ4v) is 1.79. The van der Waals surface area contributed by atoms with Crippen LogP contribution in [0.1, 0.15) is 24.7 Å². The summed E-state index contributed by atoms with van der Waals surface area (Å²) in [7, 11) is 1.81. The molecule has 0 N–H and O–H groups in total. The molecule has 0 aliphatic heterocycles. The molecule has 1 rings (SSSR count). The van der Waals surface area contributed by atoms with E-state index in [0.29, 0.717) is 17.9 Å². The number of aryl methyl sites for hydroxylation is 2. The Morgan fingerprint density at radius 1 is 1.67 bits per heavy atom. The second-order valence-corrected chi connectivity index (χ2v) is 3.77. The Labute approximate surface area is 94.7 Å². The zero-order valence-electron chi connectivity index (χ0n) is 9.09. The molecule has 0 bridgehead atoms. The summed E-state index contributed by atoms with van der Waals surface area (Å²) in [6.45, 7) is 5.52. The van der Waals surface area contributed by atoms with Gasteiger partial charge in [-0.1, -0.05) is 24.6 Å². The van der Waals surface area contributed by atoms with Crippen LogP contribution < -0.4 is 0 Å². The maximum atomic E-state index is 11.4. The van der Waals surface area contributed by atoms with Crippen LogP contribution in [-0.4, -0.2) is 15.6 Å². The first-order valence-electron chi connectivity index (χ1n) is 4.93. The first-order chi connectivity index (χ1) is 7.10. The van der Waals surface area contributed by atoms with Crippen molar-refractivity contribution in [1.29, 1.82) is 0 Å². The summed E-state index contributed by atoms with van der Waals surface area (Å²) in [5.74, 6) is 0.109. The van der Waals surface area contributed by atoms with Crippen molar-refractivity contribution in [2.75, 3.05) is 0 Å². The monoisotopic (exact) mass is 226 g/mol. The van der Waals surface area contributed by atoms with Gasteiger partial charge in [0.15, 0.2) is 0 Å². The third-order valence-electron chi connectivity index (χ3n) is 2.24. The zero-order valence-corrected chi connectivity index (χ0v) is 9.84. The molecule has 0 aromatic carbocycles. The highest BCUT2D eigenvalue weighted by Crippen LogP contribution is 2.21. The molecule has 0 aliphatic carbocycles. The lowest BCUT2D eigenvalue weighted by Crippen LogP contribution is -2.06. The maximum Gasteiger partial charge on any atom is 0.142 e. The molecule has 3 nitrogen and oxygen atoms in total. The van der Waals surface area contributed by atoms with E-state index < -0.39 is 0 Å². The molecule has 1 aromatic rings. The molecule has 0 saturated carbocycles. The van der Waals surface area contributed by atoms with Crippen LogP contribution in [0.15, 0.2) is 12.7 Å². The average Bonchev–Trinajstić information content (AvgIpc) is 2.45. The van der Waals surface area contributed by atoms with Crippen molar-refractivity contribution in [2.24, 2.45) is 7.05 Å². The van der Waals surface area contributed by atoms with Gasteiger partial charge in [0.2, 0.25) is 0 Å². The van der Waals surface area contributed by atoms with Crippen LogP contribution in [0.2, 0.25) is 5.02 Å². The fourth-order valence-electron chi connectivity index (χ4n) is 1.43. The molecule has 0 radical (unpaired) electrons. The van der Waals surface area contributed by atoms with Crippen molar-refractivity contribution in [3.8, 4) is 0 Å². The number of carbonyl (C=O) groups is 1. The van der Waals surface area contributed by atoms with Crippen LogP contribution >= 0.6 is 11.6 Å². The van der Waals surface area contributed by atoms with E-state index in [1.54, 1.807) is 10.8 Å². The third-order valence-corrected chi connectivity index (χ3v) is 2.68. The minimum atomic E-state index is 0.109. The van der Waals surface area contributed by atoms with E-state index >= 15 is 0 Å². The van der Waals surface area contributed by atoms with Crippen molar-refractivity contribution >= 4 is 17.4 Å². The van der Waals surface area contributed by atoms with Crippen LogP contribution in [0.3, 0.4) is 0 Å². The fraction of sp³-hybridized carbons (Fsp3) is 0.455. The van der Waals surface area contributed by atoms with Crippen molar-refractivity contribution in [1.82, 2.24) is 9.78 Å². The summed E-state index contributed by atoms with van der Waals surface area (Å²) in [5.41, 5.74) is 1.64. The number of rotatable bonds is 5. The summed E-state index contributed by atoms with van der Waals surface area (Å²) in [6.07, 6.45) is 3.09. The second-order valence-electron chi connectivity index (χ2n) is 3.39. The third kappa shape index (κ3) is 2.69. The number of halogens is 1. The SMILES string of the molecule is C=CCC(=O)Cc1c(Cl)c(CC)nn1C. The number of ketones is 1. The molecule has 0 spiro atoms. The van der Waals surface area contributed by atoms with E-state index in [0.717, 1.165) is 17.8 Å². The molecule has 0 amide bonds. The van der Waals surface area contributed by atoms with Crippen LogP contribution in [0.4, 0.5) is 0 Å². The highest BCUT2D eigenvalue weighted by molar-refractivity contribution is 6.32. The standard InChI is InChI=1S/C11H15ClN2O/c1-4-6-8(15)7-10-11(12)9(5-2)13-14(10)3/h4H,1,5-7H2,2-3H3. The Morgan fingerprint density at radius 2 is 2.33 bits per heavy atom. The van der Waals surface area contributed by atoms with E-state index in [9.17, 15) is 4.79 Å². The van der Waals surface area contributed by atoms with Gasteiger partial charge in [-0.15, -0.1) is 6.58 Å². The van der Waals surface area contributed by atoms with E-state index in [1.165, 1.54) is 0 Å². The molecule has 1 heterocycles. The topological polar surface area (TPSA) is 34.9 Å². The summed E-state index contributed by atoms with van der Waals surface area (Å²) in [6, 6.07) is 0. The van der Waals surface area contributed by atoms with Gasteiger partial charge in [-0.25, -0.2) is 0 Å². The van der Waals surface area contributed by atoms with E-state index in [2.05, 4.69) is 11.7 Å². The number of hydrogen-bond acceptors (Lipinski definition) is 2. The van der Waals surface area contributed by atoms with Crippen LogP contribution in [0.5, 0.6) is 0 Å². The number of carbonyl (C=O) groups excluding carboxylic acids is 1. The minimum absolute atomic E-state index is 0.109. The molecule has 82 valence electrons. The molecule has 0 saturated heterocycles. The van der Waals surface area contributed by atoms with E-state index in [1.807, 2.05) is 14.0 Å². The zero-order chi connectivity index (χ0) is 11.4. The number of nitrogens with zero attached hydrogens (tertiary/aromatic N) is 2.